The molecule has 1 aliphatic heterocycles. The predicted molar refractivity (Wildman–Crippen MR) is 137 cm³/mol. The molecule has 3 aromatic rings. The van der Waals surface area contributed by atoms with Crippen LogP contribution in [0.4, 0.5) is 5.82 Å². The summed E-state index contributed by atoms with van der Waals surface area (Å²) in [7, 11) is 0. The van der Waals surface area contributed by atoms with Gasteiger partial charge in [-0.1, -0.05) is 43.5 Å². The number of fused-ring (bicyclic) bond motifs is 1. The first kappa shape index (κ1) is 23.2. The predicted octanol–water partition coefficient (Wildman–Crippen LogP) is 5.55. The van der Waals surface area contributed by atoms with Crippen LogP contribution in [0.15, 0.2) is 47.0 Å². The molecule has 7 heteroatoms. The lowest BCUT2D eigenvalue weighted by Gasteiger charge is -2.32. The molecule has 0 bridgehead atoms. The fourth-order valence-electron chi connectivity index (χ4n) is 4.86. The van der Waals surface area contributed by atoms with Crippen molar-refractivity contribution in [2.75, 3.05) is 24.6 Å². The first-order valence-electron chi connectivity index (χ1n) is 12.4. The number of thioether (sulfide) groups is 1. The number of anilines is 1. The van der Waals surface area contributed by atoms with Gasteiger partial charge in [0.15, 0.2) is 5.76 Å². The first-order valence-corrected chi connectivity index (χ1v) is 13.4. The number of nitrogens with zero attached hydrogens (tertiary/aromatic N) is 2. The average molecular weight is 480 g/mol. The number of nitrogens with one attached hydrogen (secondary N) is 1. The third-order valence-electron chi connectivity index (χ3n) is 6.75. The van der Waals surface area contributed by atoms with Crippen molar-refractivity contribution in [3.05, 3.63) is 59.5 Å². The van der Waals surface area contributed by atoms with Crippen molar-refractivity contribution in [3.8, 4) is 0 Å². The van der Waals surface area contributed by atoms with Gasteiger partial charge >= 0.3 is 0 Å². The number of furan rings is 1. The number of carbonyl (C=O) groups is 1. The van der Waals surface area contributed by atoms with E-state index in [1.807, 2.05) is 48.3 Å². The molecule has 2 aromatic heterocycles. The van der Waals surface area contributed by atoms with E-state index in [1.54, 1.807) is 0 Å². The summed E-state index contributed by atoms with van der Waals surface area (Å²) >= 11 is 1.97. The molecule has 1 aliphatic carbocycles. The van der Waals surface area contributed by atoms with Gasteiger partial charge in [0.2, 0.25) is 0 Å². The summed E-state index contributed by atoms with van der Waals surface area (Å²) in [5.41, 5.74) is 2.75. The van der Waals surface area contributed by atoms with Crippen molar-refractivity contribution < 1.29 is 13.9 Å². The zero-order valence-corrected chi connectivity index (χ0v) is 20.6. The van der Waals surface area contributed by atoms with Crippen LogP contribution in [0.3, 0.4) is 0 Å². The molecule has 6 nitrogen and oxygen atoms in total. The Labute approximate surface area is 205 Å². The molecule has 0 spiro atoms. The van der Waals surface area contributed by atoms with E-state index in [-0.39, 0.29) is 12.0 Å². The van der Waals surface area contributed by atoms with Gasteiger partial charge in [0, 0.05) is 47.8 Å². The number of para-hydroxylation sites is 1. The van der Waals surface area contributed by atoms with Gasteiger partial charge in [0.1, 0.15) is 11.4 Å². The van der Waals surface area contributed by atoms with Gasteiger partial charge in [-0.05, 0) is 37.5 Å². The van der Waals surface area contributed by atoms with E-state index in [0.29, 0.717) is 17.6 Å². The Morgan fingerprint density at radius 1 is 1.18 bits per heavy atom. The van der Waals surface area contributed by atoms with Crippen LogP contribution in [0.1, 0.15) is 60.7 Å². The van der Waals surface area contributed by atoms with E-state index in [0.717, 1.165) is 53.4 Å². The highest BCUT2D eigenvalue weighted by molar-refractivity contribution is 7.99. The normalized spacial score (nSPS) is 19.4. The number of hydrogen-bond acceptors (Lipinski definition) is 6. The molecule has 0 radical (unpaired) electrons. The zero-order chi connectivity index (χ0) is 23.3. The van der Waals surface area contributed by atoms with Crippen molar-refractivity contribution in [2.45, 2.75) is 62.7 Å². The second-order valence-corrected chi connectivity index (χ2v) is 10.6. The van der Waals surface area contributed by atoms with Gasteiger partial charge in [-0.2, -0.15) is 11.8 Å². The molecule has 180 valence electrons. The SMILES string of the molecule is CC1CN(c2ccc(CNC(=O)c3oc4ccccc4c3CSC3CCCCC3)cn2)CCO1. The van der Waals surface area contributed by atoms with Crippen LogP contribution in [-0.4, -0.2) is 41.9 Å². The van der Waals surface area contributed by atoms with Crippen LogP contribution in [0.5, 0.6) is 0 Å². The molecule has 3 heterocycles. The fraction of sp³-hybridized carbons (Fsp3) is 0.481. The second-order valence-electron chi connectivity index (χ2n) is 9.31. The largest absolute Gasteiger partial charge is 0.451 e. The third-order valence-corrected chi connectivity index (χ3v) is 8.15. The minimum absolute atomic E-state index is 0.165. The lowest BCUT2D eigenvalue weighted by molar-refractivity contribution is 0.0529. The molecular formula is C27H33N3O3S. The standard InChI is InChI=1S/C27H33N3O3S/c1-19-17-30(13-14-32-19)25-12-11-20(15-28-25)16-29-27(31)26-23(18-34-21-7-3-2-4-8-21)22-9-5-6-10-24(22)33-26/h5-6,9-12,15,19,21H,2-4,7-8,13-14,16-18H2,1H3,(H,29,31). The molecular weight excluding hydrogens is 446 g/mol. The topological polar surface area (TPSA) is 67.6 Å². The Kier molecular flexibility index (Phi) is 7.40. The zero-order valence-electron chi connectivity index (χ0n) is 19.8. The maximum absolute atomic E-state index is 13.2. The molecule has 1 atom stereocenters. The number of benzene rings is 1. The van der Waals surface area contributed by atoms with Crippen molar-refractivity contribution in [1.82, 2.24) is 10.3 Å². The average Bonchev–Trinajstić information content (AvgIpc) is 3.26. The lowest BCUT2D eigenvalue weighted by Crippen LogP contribution is -2.41. The van der Waals surface area contributed by atoms with Gasteiger partial charge in [0.25, 0.3) is 5.91 Å². The number of amides is 1. The number of rotatable bonds is 7. The summed E-state index contributed by atoms with van der Waals surface area (Å²) < 4.78 is 11.7. The summed E-state index contributed by atoms with van der Waals surface area (Å²) in [4.78, 5) is 20.0. The highest BCUT2D eigenvalue weighted by Crippen LogP contribution is 2.35. The summed E-state index contributed by atoms with van der Waals surface area (Å²) in [6, 6.07) is 12.0. The van der Waals surface area contributed by atoms with E-state index in [2.05, 4.69) is 28.2 Å². The number of hydrogen-bond donors (Lipinski definition) is 1. The van der Waals surface area contributed by atoms with E-state index in [4.69, 9.17) is 9.15 Å². The van der Waals surface area contributed by atoms with Gasteiger partial charge in [0.05, 0.1) is 12.7 Å². The number of pyridine rings is 1. The van der Waals surface area contributed by atoms with Gasteiger partial charge in [-0.3, -0.25) is 4.79 Å². The minimum atomic E-state index is -0.165. The third kappa shape index (κ3) is 5.41. The van der Waals surface area contributed by atoms with Gasteiger partial charge < -0.3 is 19.4 Å². The number of carbonyl (C=O) groups excluding carboxylic acids is 1. The highest BCUT2D eigenvalue weighted by Gasteiger charge is 2.23. The molecule has 1 N–H and O–H groups in total. The maximum atomic E-state index is 13.2. The molecule has 2 aliphatic rings. The Morgan fingerprint density at radius 3 is 2.82 bits per heavy atom. The number of aromatic nitrogens is 1. The smallest absolute Gasteiger partial charge is 0.287 e. The molecule has 1 aromatic carbocycles. The fourth-order valence-corrected chi connectivity index (χ4v) is 6.21. The highest BCUT2D eigenvalue weighted by atomic mass is 32.2. The Bertz CT molecular complexity index is 1110. The van der Waals surface area contributed by atoms with E-state index >= 15 is 0 Å². The number of morpholine rings is 1. The molecule has 1 unspecified atom stereocenters. The van der Waals surface area contributed by atoms with Crippen molar-refractivity contribution in [1.29, 1.82) is 0 Å². The van der Waals surface area contributed by atoms with Gasteiger partial charge in [-0.15, -0.1) is 0 Å². The van der Waals surface area contributed by atoms with Crippen LogP contribution < -0.4 is 10.2 Å². The summed E-state index contributed by atoms with van der Waals surface area (Å²) in [5, 5.41) is 4.77. The molecule has 1 saturated heterocycles. The van der Waals surface area contributed by atoms with Crippen LogP contribution in [-0.2, 0) is 17.0 Å². The van der Waals surface area contributed by atoms with Crippen LogP contribution >= 0.6 is 11.8 Å². The second kappa shape index (κ2) is 10.8. The van der Waals surface area contributed by atoms with Crippen LogP contribution in [0.25, 0.3) is 11.0 Å². The summed E-state index contributed by atoms with van der Waals surface area (Å²) in [6.07, 6.45) is 8.57. The maximum Gasteiger partial charge on any atom is 0.287 e. The summed E-state index contributed by atoms with van der Waals surface area (Å²) in [5.74, 6) is 2.03. The van der Waals surface area contributed by atoms with Gasteiger partial charge in [-0.25, -0.2) is 4.98 Å². The Morgan fingerprint density at radius 2 is 2.03 bits per heavy atom. The molecule has 1 amide bonds. The molecule has 34 heavy (non-hydrogen) atoms. The van der Waals surface area contributed by atoms with Crippen molar-refractivity contribution >= 4 is 34.5 Å². The quantitative estimate of drug-likeness (QED) is 0.479. The Hall–Kier alpha value is -2.51. The molecule has 1 saturated carbocycles. The first-order chi connectivity index (χ1) is 16.7. The summed E-state index contributed by atoms with van der Waals surface area (Å²) in [6.45, 7) is 4.91. The van der Waals surface area contributed by atoms with E-state index in [9.17, 15) is 4.79 Å². The molecule has 2 fully saturated rings. The van der Waals surface area contributed by atoms with Crippen LogP contribution in [0.2, 0.25) is 0 Å². The van der Waals surface area contributed by atoms with E-state index in [1.165, 1.54) is 32.1 Å². The van der Waals surface area contributed by atoms with Crippen molar-refractivity contribution in [2.24, 2.45) is 0 Å². The molecule has 5 rings (SSSR count). The minimum Gasteiger partial charge on any atom is -0.451 e. The lowest BCUT2D eigenvalue weighted by atomic mass is 10.0. The van der Waals surface area contributed by atoms with Crippen molar-refractivity contribution in [3.63, 3.8) is 0 Å². The Balaban J connectivity index is 1.25. The number of ether oxygens (including phenoxy) is 1. The van der Waals surface area contributed by atoms with E-state index < -0.39 is 0 Å². The van der Waals surface area contributed by atoms with Crippen LogP contribution in [0, 0.1) is 0 Å². The monoisotopic (exact) mass is 479 g/mol.